The third kappa shape index (κ3) is 5.50. The fraction of sp³-hybridized carbons (Fsp3) is 0.857. The number of hydrogen-bond donors (Lipinski definition) is 1. The van der Waals surface area contributed by atoms with Crippen LogP contribution < -0.4 is 5.32 Å². The van der Waals surface area contributed by atoms with Gasteiger partial charge in [0.05, 0.1) is 6.04 Å². The molecule has 0 aliphatic rings. The van der Waals surface area contributed by atoms with Crippen molar-refractivity contribution in [2.24, 2.45) is 0 Å². The first kappa shape index (κ1) is 8.63. The van der Waals surface area contributed by atoms with Gasteiger partial charge in [0.25, 0.3) is 0 Å². The molecule has 0 aromatic rings. The third-order valence-electron chi connectivity index (χ3n) is 0.826. The minimum Gasteiger partial charge on any atom is -0.303 e. The molecule has 2 heteroatoms. The summed E-state index contributed by atoms with van der Waals surface area (Å²) in [4.78, 5) is 10.00. The largest absolute Gasteiger partial charge is 0.303 e. The fourth-order valence-electron chi connectivity index (χ4n) is 0.679. The second-order valence-corrected chi connectivity index (χ2v) is 3.23. The molecule has 0 aliphatic carbocycles. The Labute approximate surface area is 56.6 Å². The van der Waals surface area contributed by atoms with Gasteiger partial charge >= 0.3 is 0 Å². The quantitative estimate of drug-likeness (QED) is 0.598. The second kappa shape index (κ2) is 2.97. The van der Waals surface area contributed by atoms with Crippen LogP contribution in [0.4, 0.5) is 0 Å². The van der Waals surface area contributed by atoms with Gasteiger partial charge in [-0.3, -0.25) is 4.79 Å². The molecule has 0 heterocycles. The number of nitrogens with one attached hydrogen (secondary N) is 1. The maximum absolute atomic E-state index is 10.00. The van der Waals surface area contributed by atoms with Gasteiger partial charge in [-0.2, -0.15) is 0 Å². The van der Waals surface area contributed by atoms with Crippen LogP contribution >= 0.6 is 0 Å². The van der Waals surface area contributed by atoms with Crippen molar-refractivity contribution in [3.8, 4) is 0 Å². The van der Waals surface area contributed by atoms with Crippen LogP contribution in [0.15, 0.2) is 0 Å². The average Bonchev–Trinajstić information content (AvgIpc) is 1.62. The van der Waals surface area contributed by atoms with Crippen molar-refractivity contribution in [3.05, 3.63) is 0 Å². The molecule has 0 unspecified atom stereocenters. The molecule has 1 radical (unpaired) electrons. The lowest BCUT2D eigenvalue weighted by Crippen LogP contribution is -2.42. The predicted molar refractivity (Wildman–Crippen MR) is 38.0 cm³/mol. The summed E-state index contributed by atoms with van der Waals surface area (Å²) < 4.78 is 0. The van der Waals surface area contributed by atoms with Crippen molar-refractivity contribution in [2.45, 2.75) is 39.3 Å². The van der Waals surface area contributed by atoms with Crippen molar-refractivity contribution in [3.63, 3.8) is 0 Å². The maximum Gasteiger partial charge on any atom is 0.216 e. The van der Waals surface area contributed by atoms with E-state index >= 15 is 0 Å². The molecule has 1 N–H and O–H groups in total. The topological polar surface area (TPSA) is 29.1 Å². The van der Waals surface area contributed by atoms with Crippen LogP contribution in [0.1, 0.15) is 27.7 Å². The summed E-state index contributed by atoms with van der Waals surface area (Å²) in [5, 5.41) is 3.05. The molecule has 1 atom stereocenters. The monoisotopic (exact) mass is 128 g/mol. The van der Waals surface area contributed by atoms with Crippen molar-refractivity contribution in [2.75, 3.05) is 0 Å². The predicted octanol–water partition coefficient (Wildman–Crippen LogP) is 0.873. The first-order valence-corrected chi connectivity index (χ1v) is 3.11. The molecule has 53 valence electrons. The van der Waals surface area contributed by atoms with E-state index in [4.69, 9.17) is 0 Å². The highest BCUT2D eigenvalue weighted by atomic mass is 16.1. The van der Waals surface area contributed by atoms with Crippen LogP contribution in [0.2, 0.25) is 0 Å². The third-order valence-corrected chi connectivity index (χ3v) is 0.826. The van der Waals surface area contributed by atoms with Crippen LogP contribution in [0.5, 0.6) is 0 Å². The van der Waals surface area contributed by atoms with Gasteiger partial charge in [0, 0.05) is 5.54 Å². The average molecular weight is 128 g/mol. The van der Waals surface area contributed by atoms with Gasteiger partial charge in [-0.15, -0.1) is 0 Å². The highest BCUT2D eigenvalue weighted by molar-refractivity contribution is 5.57. The summed E-state index contributed by atoms with van der Waals surface area (Å²) >= 11 is 0. The Kier molecular flexibility index (Phi) is 2.85. The van der Waals surface area contributed by atoms with Crippen molar-refractivity contribution < 1.29 is 4.79 Å². The van der Waals surface area contributed by atoms with E-state index in [9.17, 15) is 4.79 Å². The lowest BCUT2D eigenvalue weighted by Gasteiger charge is -2.22. The standard InChI is InChI=1S/C7H14NO/c1-6(5-9)8-7(2,3)4/h6,8H,1-4H3/t6-/m0/s1. The lowest BCUT2D eigenvalue weighted by atomic mass is 10.1. The fourth-order valence-corrected chi connectivity index (χ4v) is 0.679. The van der Waals surface area contributed by atoms with Gasteiger partial charge in [-0.1, -0.05) is 0 Å². The Morgan fingerprint density at radius 3 is 2.00 bits per heavy atom. The van der Waals surface area contributed by atoms with E-state index < -0.39 is 0 Å². The van der Waals surface area contributed by atoms with Crippen LogP contribution in [0, 0.1) is 0 Å². The van der Waals surface area contributed by atoms with Gasteiger partial charge < -0.3 is 5.32 Å². The van der Waals surface area contributed by atoms with E-state index in [0.29, 0.717) is 0 Å². The zero-order valence-corrected chi connectivity index (χ0v) is 6.49. The first-order chi connectivity index (χ1) is 3.95. The first-order valence-electron chi connectivity index (χ1n) is 3.11. The zero-order chi connectivity index (χ0) is 7.49. The van der Waals surface area contributed by atoms with Crippen LogP contribution in [-0.4, -0.2) is 17.9 Å². The van der Waals surface area contributed by atoms with Crippen molar-refractivity contribution >= 4 is 6.29 Å². The minimum atomic E-state index is -0.162. The molecule has 0 amide bonds. The maximum atomic E-state index is 10.00. The number of rotatable bonds is 2. The van der Waals surface area contributed by atoms with Gasteiger partial charge in [-0.05, 0) is 27.7 Å². The van der Waals surface area contributed by atoms with Crippen molar-refractivity contribution in [1.29, 1.82) is 0 Å². The molecule has 0 aromatic carbocycles. The highest BCUT2D eigenvalue weighted by Gasteiger charge is 2.12. The minimum absolute atomic E-state index is 0.0107. The molecule has 0 rings (SSSR count). The van der Waals surface area contributed by atoms with E-state index in [-0.39, 0.29) is 11.6 Å². The summed E-state index contributed by atoms with van der Waals surface area (Å²) in [5.74, 6) is 0. The van der Waals surface area contributed by atoms with E-state index in [0.717, 1.165) is 0 Å². The molecule has 0 saturated carbocycles. The number of hydrogen-bond acceptors (Lipinski definition) is 2. The Morgan fingerprint density at radius 1 is 1.44 bits per heavy atom. The zero-order valence-electron chi connectivity index (χ0n) is 6.49. The van der Waals surface area contributed by atoms with E-state index in [2.05, 4.69) is 5.32 Å². The van der Waals surface area contributed by atoms with Gasteiger partial charge in [0.2, 0.25) is 6.29 Å². The summed E-state index contributed by atoms with van der Waals surface area (Å²) in [5.41, 5.74) is 0.0107. The van der Waals surface area contributed by atoms with E-state index in [1.807, 2.05) is 27.1 Å². The molecule has 9 heavy (non-hydrogen) atoms. The van der Waals surface area contributed by atoms with E-state index in [1.54, 1.807) is 6.92 Å². The van der Waals surface area contributed by atoms with Crippen molar-refractivity contribution in [1.82, 2.24) is 5.32 Å². The van der Waals surface area contributed by atoms with Gasteiger partial charge in [0.15, 0.2) is 0 Å². The normalized spacial score (nSPS) is 15.1. The Morgan fingerprint density at radius 2 is 1.89 bits per heavy atom. The Bertz CT molecular complexity index is 93.6. The molecule has 0 bridgehead atoms. The Balaban J connectivity index is 3.59. The second-order valence-electron chi connectivity index (χ2n) is 3.23. The molecule has 0 fully saturated rings. The van der Waals surface area contributed by atoms with Gasteiger partial charge in [-0.25, -0.2) is 0 Å². The van der Waals surface area contributed by atoms with Crippen LogP contribution in [-0.2, 0) is 4.79 Å². The molecule has 0 saturated heterocycles. The van der Waals surface area contributed by atoms with E-state index in [1.165, 1.54) is 0 Å². The molecular formula is C7H14NO. The lowest BCUT2D eigenvalue weighted by molar-refractivity contribution is 0.402. The van der Waals surface area contributed by atoms with Crippen LogP contribution in [0.25, 0.3) is 0 Å². The molecule has 2 nitrogen and oxygen atoms in total. The highest BCUT2D eigenvalue weighted by Crippen LogP contribution is 1.98. The number of carbonyl (C=O) groups excluding carboxylic acids is 1. The molecule has 0 spiro atoms. The Hall–Kier alpha value is -0.370. The summed E-state index contributed by atoms with van der Waals surface area (Å²) in [6, 6.07) is -0.162. The summed E-state index contributed by atoms with van der Waals surface area (Å²) in [6.07, 6.45) is 1.86. The van der Waals surface area contributed by atoms with Crippen LogP contribution in [0.3, 0.4) is 0 Å². The summed E-state index contributed by atoms with van der Waals surface area (Å²) in [6.45, 7) is 7.83. The molecule has 0 aromatic heterocycles. The SMILES string of the molecule is C[C@@H]([C]=O)NC(C)(C)C. The smallest absolute Gasteiger partial charge is 0.216 e. The molecular weight excluding hydrogens is 114 g/mol. The molecule has 0 aliphatic heterocycles. The van der Waals surface area contributed by atoms with Gasteiger partial charge in [0.1, 0.15) is 0 Å². The summed E-state index contributed by atoms with van der Waals surface area (Å²) in [7, 11) is 0.